The SMILES string of the molecule is CC(=O)CC(=O)O[C@H]1C(=O)NCCC(=O)NCCSP(=O)(OCC[N+](C)(C)C)OCC1(C)C. The van der Waals surface area contributed by atoms with Crippen LogP contribution in [-0.2, 0) is 37.5 Å². The number of rotatable bonds is 7. The molecule has 1 fully saturated rings. The molecule has 11 nitrogen and oxygen atoms in total. The van der Waals surface area contributed by atoms with Gasteiger partial charge in [-0.2, -0.15) is 0 Å². The minimum atomic E-state index is -3.65. The Bertz CT molecular complexity index is 769. The highest BCUT2D eigenvalue weighted by Crippen LogP contribution is 2.61. The van der Waals surface area contributed by atoms with Gasteiger partial charge in [0.1, 0.15) is 25.4 Å². The zero-order chi connectivity index (χ0) is 25.3. The van der Waals surface area contributed by atoms with Crippen LogP contribution >= 0.6 is 18.2 Å². The number of nitrogens with one attached hydrogen (secondary N) is 2. The Labute approximate surface area is 199 Å². The normalized spacial score (nSPS) is 25.3. The van der Waals surface area contributed by atoms with Crippen molar-refractivity contribution >= 4 is 41.7 Å². The lowest BCUT2D eigenvalue weighted by molar-refractivity contribution is -0.870. The molecular formula is C20H37N3O8PS+. The highest BCUT2D eigenvalue weighted by atomic mass is 32.7. The summed E-state index contributed by atoms with van der Waals surface area (Å²) in [7, 11) is 5.91. The molecular weight excluding hydrogens is 473 g/mol. The molecule has 2 amide bonds. The summed E-state index contributed by atoms with van der Waals surface area (Å²) in [4.78, 5) is 48.2. The van der Waals surface area contributed by atoms with Gasteiger partial charge in [0, 0.05) is 30.7 Å². The molecule has 33 heavy (non-hydrogen) atoms. The molecule has 1 aliphatic rings. The van der Waals surface area contributed by atoms with Gasteiger partial charge in [-0.15, -0.1) is 0 Å². The minimum absolute atomic E-state index is 0.0269. The predicted octanol–water partition coefficient (Wildman–Crippen LogP) is 1.12. The number of amides is 2. The number of carbonyl (C=O) groups is 4. The van der Waals surface area contributed by atoms with E-state index < -0.39 is 42.4 Å². The van der Waals surface area contributed by atoms with Gasteiger partial charge >= 0.3 is 12.8 Å². The third-order valence-electron chi connectivity index (χ3n) is 4.52. The average Bonchev–Trinajstić information content (AvgIpc) is 2.66. The maximum absolute atomic E-state index is 13.4. The second-order valence-corrected chi connectivity index (χ2v) is 13.7. The topological polar surface area (TPSA) is 137 Å². The molecule has 1 saturated heterocycles. The third-order valence-corrected chi connectivity index (χ3v) is 8.30. The standard InChI is InChI=1S/C20H36N3O8PS/c1-15(24)13-17(26)31-18-19(27)22-8-7-16(25)21-9-12-33-32(28,30-14-20(18,2)3)29-11-10-23(4,5)6/h18H,7-14H2,1-6H3,(H-,21,22,25,27)/p+1/t18-,32?/m0/s1. The Kier molecular flexibility index (Phi) is 11.5. The predicted molar refractivity (Wildman–Crippen MR) is 124 cm³/mol. The number of hydrogen-bond donors (Lipinski definition) is 2. The molecule has 0 spiro atoms. The van der Waals surface area contributed by atoms with Crippen molar-refractivity contribution in [1.29, 1.82) is 0 Å². The van der Waals surface area contributed by atoms with Gasteiger partial charge in [-0.25, -0.2) is 4.57 Å². The largest absolute Gasteiger partial charge is 0.451 e. The van der Waals surface area contributed by atoms with Crippen molar-refractivity contribution in [2.45, 2.75) is 39.7 Å². The van der Waals surface area contributed by atoms with Crippen molar-refractivity contribution in [1.82, 2.24) is 10.6 Å². The number of hydrogen-bond acceptors (Lipinski definition) is 9. The van der Waals surface area contributed by atoms with E-state index in [9.17, 15) is 23.7 Å². The van der Waals surface area contributed by atoms with Crippen LogP contribution in [0.4, 0.5) is 0 Å². The van der Waals surface area contributed by atoms with Gasteiger partial charge in [-0.1, -0.05) is 13.8 Å². The average molecular weight is 511 g/mol. The summed E-state index contributed by atoms with van der Waals surface area (Å²) >= 11 is 0.965. The Morgan fingerprint density at radius 3 is 2.48 bits per heavy atom. The summed E-state index contributed by atoms with van der Waals surface area (Å²) in [5.41, 5.74) is -1.11. The number of likely N-dealkylation sites (N-methyl/N-ethyl adjacent to an activating group) is 1. The van der Waals surface area contributed by atoms with E-state index >= 15 is 0 Å². The Hall–Kier alpha value is -1.46. The highest BCUT2D eigenvalue weighted by Gasteiger charge is 2.41. The quantitative estimate of drug-likeness (QED) is 0.223. The number of quaternary nitrogens is 1. The van der Waals surface area contributed by atoms with Crippen molar-refractivity contribution in [2.24, 2.45) is 5.41 Å². The summed E-state index contributed by atoms with van der Waals surface area (Å²) in [6.07, 6.45) is -1.79. The van der Waals surface area contributed by atoms with E-state index in [4.69, 9.17) is 13.8 Å². The smallest absolute Gasteiger partial charge is 0.389 e. The first-order chi connectivity index (χ1) is 15.1. The summed E-state index contributed by atoms with van der Waals surface area (Å²) in [6, 6.07) is 0. The molecule has 0 aliphatic carbocycles. The number of carbonyl (C=O) groups excluding carboxylic acids is 4. The zero-order valence-corrected chi connectivity index (χ0v) is 22.0. The maximum Gasteiger partial charge on any atom is 0.389 e. The van der Waals surface area contributed by atoms with Crippen molar-refractivity contribution in [3.63, 3.8) is 0 Å². The fourth-order valence-electron chi connectivity index (χ4n) is 2.63. The molecule has 1 aliphatic heterocycles. The van der Waals surface area contributed by atoms with E-state index in [2.05, 4.69) is 10.6 Å². The molecule has 1 heterocycles. The van der Waals surface area contributed by atoms with Gasteiger partial charge < -0.3 is 24.4 Å². The number of esters is 1. The van der Waals surface area contributed by atoms with E-state index in [-0.39, 0.29) is 38.6 Å². The van der Waals surface area contributed by atoms with E-state index in [1.165, 1.54) is 6.92 Å². The van der Waals surface area contributed by atoms with Crippen LogP contribution in [0.3, 0.4) is 0 Å². The molecule has 13 heteroatoms. The Balaban J connectivity index is 3.08. The second-order valence-electron chi connectivity index (χ2n) is 9.53. The van der Waals surface area contributed by atoms with Gasteiger partial charge in [0.2, 0.25) is 5.91 Å². The molecule has 0 aromatic heterocycles. The van der Waals surface area contributed by atoms with Gasteiger partial charge in [0.25, 0.3) is 5.91 Å². The lowest BCUT2D eigenvalue weighted by atomic mass is 9.86. The summed E-state index contributed by atoms with van der Waals surface area (Å²) in [5.74, 6) is -1.89. The lowest BCUT2D eigenvalue weighted by Crippen LogP contribution is -2.49. The first-order valence-electron chi connectivity index (χ1n) is 10.7. The van der Waals surface area contributed by atoms with Crippen LogP contribution in [0.25, 0.3) is 0 Å². The summed E-state index contributed by atoms with van der Waals surface area (Å²) in [5, 5.41) is 5.26. The minimum Gasteiger partial charge on any atom is -0.451 e. The molecule has 0 saturated carbocycles. The third kappa shape index (κ3) is 12.0. The Morgan fingerprint density at radius 1 is 1.21 bits per heavy atom. The first-order valence-corrected chi connectivity index (χ1v) is 13.8. The summed E-state index contributed by atoms with van der Waals surface area (Å²) in [6.45, 7) is 1.70. The summed E-state index contributed by atoms with van der Waals surface area (Å²) < 4.78 is 30.6. The van der Waals surface area contributed by atoms with Gasteiger partial charge in [-0.05, 0) is 18.3 Å². The Morgan fingerprint density at radius 2 is 1.88 bits per heavy atom. The lowest BCUT2D eigenvalue weighted by Gasteiger charge is -2.33. The van der Waals surface area contributed by atoms with Crippen LogP contribution in [0.2, 0.25) is 0 Å². The fourth-order valence-corrected chi connectivity index (χ4v) is 5.84. The molecule has 1 unspecified atom stereocenters. The van der Waals surface area contributed by atoms with E-state index in [1.54, 1.807) is 13.8 Å². The van der Waals surface area contributed by atoms with Crippen molar-refractivity contribution in [3.8, 4) is 0 Å². The van der Waals surface area contributed by atoms with Crippen molar-refractivity contribution in [2.75, 3.05) is 59.7 Å². The molecule has 0 aromatic carbocycles. The fraction of sp³-hybridized carbons (Fsp3) is 0.800. The molecule has 0 bridgehead atoms. The van der Waals surface area contributed by atoms with E-state index in [1.807, 2.05) is 21.1 Å². The van der Waals surface area contributed by atoms with Crippen LogP contribution in [-0.4, -0.2) is 93.9 Å². The highest BCUT2D eigenvalue weighted by molar-refractivity contribution is 8.55. The molecule has 190 valence electrons. The molecule has 1 rings (SSSR count). The van der Waals surface area contributed by atoms with Crippen LogP contribution in [0.1, 0.15) is 33.6 Å². The monoisotopic (exact) mass is 510 g/mol. The van der Waals surface area contributed by atoms with Crippen LogP contribution in [0.15, 0.2) is 0 Å². The van der Waals surface area contributed by atoms with Crippen molar-refractivity contribution in [3.05, 3.63) is 0 Å². The molecule has 2 N–H and O–H groups in total. The number of ether oxygens (including phenoxy) is 1. The van der Waals surface area contributed by atoms with Gasteiger partial charge in [-0.3, -0.25) is 23.7 Å². The number of nitrogens with zero attached hydrogens (tertiary/aromatic N) is 1. The van der Waals surface area contributed by atoms with Gasteiger partial charge in [0.05, 0.1) is 27.7 Å². The first kappa shape index (κ1) is 29.6. The maximum atomic E-state index is 13.4. The number of ketones is 1. The van der Waals surface area contributed by atoms with Crippen molar-refractivity contribution < 1.29 is 42.0 Å². The molecule has 0 radical (unpaired) electrons. The molecule has 0 aromatic rings. The molecule has 2 atom stereocenters. The van der Waals surface area contributed by atoms with E-state index in [0.717, 1.165) is 11.4 Å². The van der Waals surface area contributed by atoms with Gasteiger partial charge in [0.15, 0.2) is 6.10 Å². The van der Waals surface area contributed by atoms with Crippen LogP contribution < -0.4 is 10.6 Å². The zero-order valence-electron chi connectivity index (χ0n) is 20.3. The van der Waals surface area contributed by atoms with Crippen LogP contribution in [0.5, 0.6) is 0 Å². The second kappa shape index (κ2) is 12.9. The van der Waals surface area contributed by atoms with E-state index in [0.29, 0.717) is 16.8 Å². The number of Topliss-reactive ketones (excluding diaryl/α,β-unsaturated/α-hetero) is 1. The van der Waals surface area contributed by atoms with Crippen LogP contribution in [0, 0.1) is 5.41 Å².